The molecule has 0 N–H and O–H groups in total. The van der Waals surface area contributed by atoms with Crippen LogP contribution >= 0.6 is 0 Å². The second kappa shape index (κ2) is 12.2. The first-order valence-corrected chi connectivity index (χ1v) is 15.3. The van der Waals surface area contributed by atoms with Gasteiger partial charge in [-0.1, -0.05) is 141 Å². The molecule has 0 amide bonds. The molecule has 2 nitrogen and oxygen atoms in total. The van der Waals surface area contributed by atoms with Gasteiger partial charge in [0.25, 0.3) is 0 Å². The fourth-order valence-electron chi connectivity index (χ4n) is 6.31. The summed E-state index contributed by atoms with van der Waals surface area (Å²) in [5, 5.41) is 2.51. The van der Waals surface area contributed by atoms with Gasteiger partial charge in [0.05, 0.1) is 5.41 Å². The molecule has 0 spiro atoms. The number of ether oxygens (including phenoxy) is 2. The van der Waals surface area contributed by atoms with E-state index >= 15 is 0 Å². The standard InChI is InChI=1S/C43H34O2/c1-3-31-11-15-33(16-12-31)29-44-39-23-19-37(20-24-39)43(27-7-9-36-28-35-8-5-6-10-41(35)42(36)43)38-21-25-40(26-22-38)45-30-34-17-13-32(4-2)14-18-34/h3-28H,1-2,29-30H2. The van der Waals surface area contributed by atoms with Gasteiger partial charge in [-0.25, -0.2) is 0 Å². The van der Waals surface area contributed by atoms with Crippen LogP contribution in [0.1, 0.15) is 33.4 Å². The number of rotatable bonds is 10. The molecular weight excluding hydrogens is 548 g/mol. The first kappa shape index (κ1) is 28.2. The smallest absolute Gasteiger partial charge is 0.119 e. The highest BCUT2D eigenvalue weighted by Crippen LogP contribution is 2.48. The predicted molar refractivity (Wildman–Crippen MR) is 186 cm³/mol. The molecule has 0 bridgehead atoms. The van der Waals surface area contributed by atoms with Gasteiger partial charge < -0.3 is 9.47 Å². The van der Waals surface area contributed by atoms with E-state index in [1.165, 1.54) is 32.7 Å². The second-order valence-electron chi connectivity index (χ2n) is 11.4. The normalized spacial score (nSPS) is 14.0. The Kier molecular flexibility index (Phi) is 7.63. The highest BCUT2D eigenvalue weighted by atomic mass is 16.5. The lowest BCUT2D eigenvalue weighted by Crippen LogP contribution is -2.35. The molecule has 5 aromatic carbocycles. The minimum absolute atomic E-state index is 0.481. The van der Waals surface area contributed by atoms with Crippen molar-refractivity contribution in [2.45, 2.75) is 18.6 Å². The SMILES string of the molecule is C=Cc1ccc(COc2ccc(C3(c4ccc(OCc5ccc(C=C)cc5)cc4)C=CC=C4C=c5ccccc5=C43)cc2)cc1. The Morgan fingerprint density at radius 1 is 0.578 bits per heavy atom. The zero-order valence-electron chi connectivity index (χ0n) is 25.2. The Bertz CT molecular complexity index is 1940. The molecular formula is C43H34O2. The van der Waals surface area contributed by atoms with Gasteiger partial charge in [-0.2, -0.15) is 0 Å². The van der Waals surface area contributed by atoms with E-state index in [1.807, 2.05) is 12.2 Å². The fourth-order valence-corrected chi connectivity index (χ4v) is 6.31. The van der Waals surface area contributed by atoms with Crippen LogP contribution < -0.4 is 19.9 Å². The van der Waals surface area contributed by atoms with Crippen molar-refractivity contribution in [2.75, 3.05) is 0 Å². The Labute approximate surface area is 264 Å². The molecule has 5 aromatic rings. The summed E-state index contributed by atoms with van der Waals surface area (Å²) in [5.41, 5.74) is 8.87. The van der Waals surface area contributed by atoms with Crippen molar-refractivity contribution in [2.24, 2.45) is 0 Å². The Morgan fingerprint density at radius 3 is 1.60 bits per heavy atom. The van der Waals surface area contributed by atoms with Gasteiger partial charge in [-0.3, -0.25) is 0 Å². The van der Waals surface area contributed by atoms with E-state index in [-0.39, 0.29) is 0 Å². The van der Waals surface area contributed by atoms with Gasteiger partial charge in [0.1, 0.15) is 24.7 Å². The molecule has 0 saturated heterocycles. The average Bonchev–Trinajstić information content (AvgIpc) is 3.50. The molecule has 0 aromatic heterocycles. The molecule has 0 aliphatic heterocycles. The molecule has 0 atom stereocenters. The monoisotopic (exact) mass is 582 g/mol. The lowest BCUT2D eigenvalue weighted by molar-refractivity contribution is 0.306. The molecule has 2 aliphatic carbocycles. The van der Waals surface area contributed by atoms with Crippen LogP contribution in [-0.2, 0) is 18.6 Å². The van der Waals surface area contributed by atoms with Crippen molar-refractivity contribution < 1.29 is 9.47 Å². The zero-order valence-corrected chi connectivity index (χ0v) is 25.2. The summed E-state index contributed by atoms with van der Waals surface area (Å²) in [6.45, 7) is 8.69. The highest BCUT2D eigenvalue weighted by Gasteiger charge is 2.40. The molecule has 218 valence electrons. The molecule has 0 heterocycles. The van der Waals surface area contributed by atoms with E-state index in [2.05, 4.69) is 159 Å². The van der Waals surface area contributed by atoms with E-state index < -0.39 is 5.41 Å². The summed E-state index contributed by atoms with van der Waals surface area (Å²) in [6, 6.07) is 42.4. The van der Waals surface area contributed by atoms with Crippen LogP contribution in [0.4, 0.5) is 0 Å². The third-order valence-corrected chi connectivity index (χ3v) is 8.71. The number of allylic oxidation sites excluding steroid dienone is 4. The van der Waals surface area contributed by atoms with Crippen LogP contribution in [0.3, 0.4) is 0 Å². The maximum atomic E-state index is 6.19. The largest absolute Gasteiger partial charge is 0.489 e. The van der Waals surface area contributed by atoms with Crippen molar-refractivity contribution in [3.63, 3.8) is 0 Å². The van der Waals surface area contributed by atoms with Gasteiger partial charge in [0.15, 0.2) is 0 Å². The van der Waals surface area contributed by atoms with Crippen LogP contribution in [0.2, 0.25) is 0 Å². The minimum Gasteiger partial charge on any atom is -0.489 e. The van der Waals surface area contributed by atoms with Crippen LogP contribution in [0.25, 0.3) is 23.8 Å². The lowest BCUT2D eigenvalue weighted by Gasteiger charge is -2.37. The van der Waals surface area contributed by atoms with Gasteiger partial charge in [0.2, 0.25) is 0 Å². The Hall–Kier alpha value is -5.60. The van der Waals surface area contributed by atoms with E-state index in [0.717, 1.165) is 33.8 Å². The topological polar surface area (TPSA) is 18.5 Å². The van der Waals surface area contributed by atoms with Crippen molar-refractivity contribution in [1.29, 1.82) is 0 Å². The maximum absolute atomic E-state index is 6.19. The fraction of sp³-hybridized carbons (Fsp3) is 0.0698. The predicted octanol–water partition coefficient (Wildman–Crippen LogP) is 8.56. The van der Waals surface area contributed by atoms with Crippen molar-refractivity contribution in [1.82, 2.24) is 0 Å². The van der Waals surface area contributed by atoms with E-state index in [0.29, 0.717) is 13.2 Å². The summed E-state index contributed by atoms with van der Waals surface area (Å²) >= 11 is 0. The van der Waals surface area contributed by atoms with E-state index in [4.69, 9.17) is 9.47 Å². The number of benzene rings is 5. The number of hydrogen-bond acceptors (Lipinski definition) is 2. The van der Waals surface area contributed by atoms with Crippen molar-refractivity contribution in [3.8, 4) is 11.5 Å². The molecule has 0 radical (unpaired) electrons. The third-order valence-electron chi connectivity index (χ3n) is 8.71. The molecule has 7 rings (SSSR count). The molecule has 0 unspecified atom stereocenters. The zero-order chi connectivity index (χ0) is 30.6. The molecule has 2 aliphatic rings. The maximum Gasteiger partial charge on any atom is 0.119 e. The van der Waals surface area contributed by atoms with Gasteiger partial charge in [-0.15, -0.1) is 0 Å². The molecule has 0 saturated carbocycles. The molecule has 2 heteroatoms. The van der Waals surface area contributed by atoms with Crippen molar-refractivity contribution >= 4 is 23.8 Å². The van der Waals surface area contributed by atoms with Crippen LogP contribution in [-0.4, -0.2) is 0 Å². The molecule has 45 heavy (non-hydrogen) atoms. The highest BCUT2D eigenvalue weighted by molar-refractivity contribution is 5.93. The summed E-state index contributed by atoms with van der Waals surface area (Å²) in [7, 11) is 0. The van der Waals surface area contributed by atoms with Gasteiger partial charge in [-0.05, 0) is 85.3 Å². The third kappa shape index (κ3) is 5.47. The van der Waals surface area contributed by atoms with Crippen LogP contribution in [0.15, 0.2) is 158 Å². The lowest BCUT2D eigenvalue weighted by atomic mass is 9.65. The minimum atomic E-state index is -0.481. The van der Waals surface area contributed by atoms with Crippen molar-refractivity contribution in [3.05, 3.63) is 202 Å². The molecule has 0 fully saturated rings. The first-order chi connectivity index (χ1) is 22.2. The van der Waals surface area contributed by atoms with Gasteiger partial charge in [0, 0.05) is 0 Å². The summed E-state index contributed by atoms with van der Waals surface area (Å²) in [5.74, 6) is 1.68. The van der Waals surface area contributed by atoms with E-state index in [1.54, 1.807) is 0 Å². The Morgan fingerprint density at radius 2 is 1.09 bits per heavy atom. The summed E-state index contributed by atoms with van der Waals surface area (Å²) in [6.07, 6.45) is 12.7. The average molecular weight is 583 g/mol. The quantitative estimate of drug-likeness (QED) is 0.164. The van der Waals surface area contributed by atoms with Gasteiger partial charge >= 0.3 is 0 Å². The van der Waals surface area contributed by atoms with Crippen LogP contribution in [0.5, 0.6) is 11.5 Å². The number of hydrogen-bond donors (Lipinski definition) is 0. The van der Waals surface area contributed by atoms with Crippen LogP contribution in [0, 0.1) is 0 Å². The first-order valence-electron chi connectivity index (χ1n) is 15.3. The van der Waals surface area contributed by atoms with E-state index in [9.17, 15) is 0 Å². The Balaban J connectivity index is 1.22. The second-order valence-corrected chi connectivity index (χ2v) is 11.4. The number of fused-ring (bicyclic) bond motifs is 2. The summed E-state index contributed by atoms with van der Waals surface area (Å²) in [4.78, 5) is 0. The summed E-state index contributed by atoms with van der Waals surface area (Å²) < 4.78 is 12.4.